The van der Waals surface area contributed by atoms with Gasteiger partial charge in [-0.1, -0.05) is 12.1 Å². The number of ether oxygens (including phenoxy) is 1. The van der Waals surface area contributed by atoms with E-state index in [1.165, 1.54) is 4.31 Å². The summed E-state index contributed by atoms with van der Waals surface area (Å²) in [5, 5.41) is 3.27. The van der Waals surface area contributed by atoms with Gasteiger partial charge in [-0.25, -0.2) is 13.4 Å². The summed E-state index contributed by atoms with van der Waals surface area (Å²) in [5.41, 5.74) is 2.37. The molecule has 0 spiro atoms. The van der Waals surface area contributed by atoms with E-state index in [9.17, 15) is 13.2 Å². The number of morpholine rings is 2. The number of rotatable bonds is 6. The Kier molecular flexibility index (Phi) is 5.35. The highest BCUT2D eigenvalue weighted by molar-refractivity contribution is 7.89. The summed E-state index contributed by atoms with van der Waals surface area (Å²) in [4.78, 5) is 17.0. The number of aromatic nitrogens is 2. The van der Waals surface area contributed by atoms with Crippen LogP contribution in [-0.2, 0) is 21.2 Å². The fraction of sp³-hybridized carbons (Fsp3) is 0.364. The number of sulfonamides is 1. The summed E-state index contributed by atoms with van der Waals surface area (Å²) in [6.07, 6.45) is 5.99. The zero-order valence-electron chi connectivity index (χ0n) is 17.0. The Morgan fingerprint density at radius 2 is 1.84 bits per heavy atom. The lowest BCUT2D eigenvalue weighted by atomic mass is 10.0. The van der Waals surface area contributed by atoms with Crippen molar-refractivity contribution in [2.24, 2.45) is 0 Å². The van der Waals surface area contributed by atoms with Gasteiger partial charge in [0.15, 0.2) is 5.78 Å². The van der Waals surface area contributed by atoms with Gasteiger partial charge in [0, 0.05) is 56.8 Å². The number of aryl methyl sites for hydroxylation is 1. The van der Waals surface area contributed by atoms with Crippen LogP contribution >= 0.6 is 0 Å². The quantitative estimate of drug-likeness (QED) is 0.584. The number of hydrogen-bond donors (Lipinski definition) is 1. The molecule has 3 aromatic rings. The SMILES string of the molecule is O=C(CCc1ccc(S(=O)(=O)N2CC3CNCC(C2)O3)cc1)c1ccc2nccn2c1. The van der Waals surface area contributed by atoms with Crippen molar-refractivity contribution in [3.8, 4) is 0 Å². The maximum Gasteiger partial charge on any atom is 0.243 e. The van der Waals surface area contributed by atoms with E-state index >= 15 is 0 Å². The van der Waals surface area contributed by atoms with Crippen LogP contribution in [0.1, 0.15) is 22.3 Å². The zero-order valence-corrected chi connectivity index (χ0v) is 17.8. The molecule has 2 fully saturated rings. The van der Waals surface area contributed by atoms with Crippen LogP contribution in [0.5, 0.6) is 0 Å². The zero-order chi connectivity index (χ0) is 21.4. The summed E-state index contributed by atoms with van der Waals surface area (Å²) in [5.74, 6) is 0.0424. The molecule has 1 N–H and O–H groups in total. The molecule has 5 rings (SSSR count). The van der Waals surface area contributed by atoms with E-state index in [1.807, 2.05) is 16.7 Å². The fourth-order valence-electron chi connectivity index (χ4n) is 4.18. The van der Waals surface area contributed by atoms with Gasteiger partial charge in [0.25, 0.3) is 0 Å². The molecular weight excluding hydrogens is 416 g/mol. The smallest absolute Gasteiger partial charge is 0.243 e. The van der Waals surface area contributed by atoms with E-state index < -0.39 is 10.0 Å². The first kappa shape index (κ1) is 20.3. The van der Waals surface area contributed by atoms with E-state index in [-0.39, 0.29) is 22.9 Å². The molecule has 9 heteroatoms. The Bertz CT molecular complexity index is 1190. The van der Waals surface area contributed by atoms with Crippen LogP contribution in [0.4, 0.5) is 0 Å². The Balaban J connectivity index is 1.23. The normalized spacial score (nSPS) is 21.9. The number of nitrogens with zero attached hydrogens (tertiary/aromatic N) is 3. The lowest BCUT2D eigenvalue weighted by Gasteiger charge is -2.41. The van der Waals surface area contributed by atoms with Crippen LogP contribution in [0.2, 0.25) is 0 Å². The van der Waals surface area contributed by atoms with Crippen LogP contribution in [0, 0.1) is 0 Å². The molecule has 0 amide bonds. The summed E-state index contributed by atoms with van der Waals surface area (Å²) < 4.78 is 35.3. The molecule has 2 aliphatic rings. The van der Waals surface area contributed by atoms with E-state index in [2.05, 4.69) is 10.3 Å². The third-order valence-corrected chi connectivity index (χ3v) is 7.70. The Morgan fingerprint density at radius 3 is 2.58 bits per heavy atom. The van der Waals surface area contributed by atoms with Crippen molar-refractivity contribution in [1.29, 1.82) is 0 Å². The van der Waals surface area contributed by atoms with Gasteiger partial charge < -0.3 is 14.5 Å². The first-order valence-electron chi connectivity index (χ1n) is 10.4. The molecule has 0 radical (unpaired) electrons. The van der Waals surface area contributed by atoms with E-state index in [0.29, 0.717) is 44.6 Å². The molecule has 2 saturated heterocycles. The van der Waals surface area contributed by atoms with Gasteiger partial charge in [-0.2, -0.15) is 4.31 Å². The topological polar surface area (TPSA) is 93.0 Å². The Hall–Kier alpha value is -2.59. The maximum atomic E-state index is 13.1. The van der Waals surface area contributed by atoms with Gasteiger partial charge in [-0.05, 0) is 36.2 Å². The largest absolute Gasteiger partial charge is 0.370 e. The Labute approximate surface area is 180 Å². The van der Waals surface area contributed by atoms with E-state index in [4.69, 9.17) is 4.74 Å². The molecule has 31 heavy (non-hydrogen) atoms. The third-order valence-electron chi connectivity index (χ3n) is 5.86. The predicted octanol–water partition coefficient (Wildman–Crippen LogP) is 1.51. The van der Waals surface area contributed by atoms with Gasteiger partial charge in [0.05, 0.1) is 17.1 Å². The second kappa shape index (κ2) is 8.16. The van der Waals surface area contributed by atoms with Gasteiger partial charge in [0.2, 0.25) is 10.0 Å². The monoisotopic (exact) mass is 440 g/mol. The molecule has 2 atom stereocenters. The lowest BCUT2D eigenvalue weighted by molar-refractivity contribution is -0.0824. The highest BCUT2D eigenvalue weighted by atomic mass is 32.2. The van der Waals surface area contributed by atoms with Crippen LogP contribution in [0.3, 0.4) is 0 Å². The maximum absolute atomic E-state index is 13.1. The summed E-state index contributed by atoms with van der Waals surface area (Å²) in [6.45, 7) is 2.07. The predicted molar refractivity (Wildman–Crippen MR) is 115 cm³/mol. The molecule has 2 bridgehead atoms. The van der Waals surface area contributed by atoms with Gasteiger partial charge in [0.1, 0.15) is 5.65 Å². The highest BCUT2D eigenvalue weighted by Crippen LogP contribution is 2.23. The number of hydrogen-bond acceptors (Lipinski definition) is 6. The minimum Gasteiger partial charge on any atom is -0.370 e. The summed E-state index contributed by atoms with van der Waals surface area (Å²) in [7, 11) is -3.56. The second-order valence-electron chi connectivity index (χ2n) is 8.04. The third kappa shape index (κ3) is 4.14. The number of carbonyl (C=O) groups excluding carboxylic acids is 1. The standard InChI is InChI=1S/C22H24N4O4S/c27-21(17-4-8-22-24-9-10-25(22)13-17)7-3-16-1-5-20(6-2-16)31(28,29)26-14-18-11-23-12-19(15-26)30-18/h1-2,4-6,8-10,13,18-19,23H,3,7,11-12,14-15H2. The van der Waals surface area contributed by atoms with Crippen LogP contribution < -0.4 is 5.32 Å². The number of pyridine rings is 1. The van der Waals surface area contributed by atoms with Crippen LogP contribution in [0.15, 0.2) is 59.9 Å². The molecule has 4 heterocycles. The molecular formula is C22H24N4O4S. The lowest BCUT2D eigenvalue weighted by Crippen LogP contribution is -2.59. The Morgan fingerprint density at radius 1 is 1.10 bits per heavy atom. The average molecular weight is 441 g/mol. The van der Waals surface area contributed by atoms with Crippen molar-refractivity contribution < 1.29 is 17.9 Å². The number of Topliss-reactive ketones (excluding diaryl/α,β-unsaturated/α-hetero) is 1. The molecule has 2 unspecified atom stereocenters. The van der Waals surface area contributed by atoms with Gasteiger partial charge >= 0.3 is 0 Å². The van der Waals surface area contributed by atoms with Crippen molar-refractivity contribution in [2.45, 2.75) is 29.9 Å². The second-order valence-corrected chi connectivity index (χ2v) is 9.98. The van der Waals surface area contributed by atoms with Gasteiger partial charge in [-0.3, -0.25) is 4.79 Å². The van der Waals surface area contributed by atoms with Gasteiger partial charge in [-0.15, -0.1) is 0 Å². The number of benzene rings is 1. The number of imidazole rings is 1. The van der Waals surface area contributed by atoms with Crippen molar-refractivity contribution in [3.05, 3.63) is 66.1 Å². The highest BCUT2D eigenvalue weighted by Gasteiger charge is 2.37. The van der Waals surface area contributed by atoms with Crippen molar-refractivity contribution in [1.82, 2.24) is 19.0 Å². The minimum atomic E-state index is -3.56. The molecule has 0 aliphatic carbocycles. The summed E-state index contributed by atoms with van der Waals surface area (Å²) >= 11 is 0. The van der Waals surface area contributed by atoms with E-state index in [1.54, 1.807) is 42.7 Å². The van der Waals surface area contributed by atoms with E-state index in [0.717, 1.165) is 11.2 Å². The van der Waals surface area contributed by atoms with Crippen molar-refractivity contribution in [3.63, 3.8) is 0 Å². The molecule has 1 aromatic carbocycles. The first-order valence-corrected chi connectivity index (χ1v) is 11.8. The van der Waals surface area contributed by atoms with Crippen molar-refractivity contribution in [2.75, 3.05) is 26.2 Å². The molecule has 2 aliphatic heterocycles. The number of carbonyl (C=O) groups is 1. The van der Waals surface area contributed by atoms with Crippen LogP contribution in [0.25, 0.3) is 5.65 Å². The average Bonchev–Trinajstić information content (AvgIpc) is 3.25. The fourth-order valence-corrected chi connectivity index (χ4v) is 5.68. The number of ketones is 1. The minimum absolute atomic E-state index is 0.0424. The number of nitrogens with one attached hydrogen (secondary N) is 1. The molecule has 162 valence electrons. The molecule has 8 nitrogen and oxygen atoms in total. The molecule has 0 saturated carbocycles. The molecule has 2 aromatic heterocycles. The number of fused-ring (bicyclic) bond motifs is 3. The first-order chi connectivity index (χ1) is 15.0. The van der Waals surface area contributed by atoms with Crippen LogP contribution in [-0.4, -0.2) is 66.3 Å². The van der Waals surface area contributed by atoms with Crippen molar-refractivity contribution >= 4 is 21.5 Å². The summed E-state index contributed by atoms with van der Waals surface area (Å²) in [6, 6.07) is 10.5.